The zero-order valence-electron chi connectivity index (χ0n) is 55.6. The molecule has 25 heteroatoms. The standard InChI is InChI=1S/C64H106N12O13/c1-17-40(8)54(49(87-15)35-50(77)76-33-22-27-48(76)56(88-16)41(9)57(79)69-42(10)55(78)43-24-19-18-20-25-43)74(13)62(84)52(38(4)5)72-61(83)53(39(6)7)75(14)64(86)89-36-44-28-29-45(34-46(44)58(80)67-31-23-32-73(11)12)70-59(81)47(26-21-30-68-63(66)85)71-60(82)51(65)37(2)3/h18-20,24-25,28-29,34,37-42,47-49,51-56,78H,17,21-23,26-27,30-33,35-36,65H2,1-16H3,(H,67,80)(H,69,79)(H,70,81)(H,71,82)(H,72,83)(H3,66,68,85)/t40-,41+,42+,47-,48-,49+,51-,52-,53-,54-,55+,56+/m0/s1. The summed E-state index contributed by atoms with van der Waals surface area (Å²) in [5, 5.41) is 27.7. The molecule has 1 heterocycles. The van der Waals surface area contributed by atoms with E-state index in [1.807, 2.05) is 51.0 Å². The van der Waals surface area contributed by atoms with E-state index >= 15 is 0 Å². The SMILES string of the molecule is CC[C@H](C)[C@@H]([C@@H](CC(=O)N1CCC[C@H]1[C@H](OC)[C@@H](C)C(=O)N[C@H](C)[C@@H](O)c1ccccc1)OC)N(C)C(=O)[C@@H](NC(=O)[C@H](C(C)C)N(C)C(=O)OCc1ccc(NC(=O)[C@H](CCCNC(N)=O)NC(=O)[C@@H](N)C(C)C)cc1C(=O)NCCCN(C)C)C(C)C. The number of primary amides is 1. The maximum absolute atomic E-state index is 14.9. The lowest BCUT2D eigenvalue weighted by atomic mass is 9.89. The van der Waals surface area contributed by atoms with Crippen molar-refractivity contribution in [2.24, 2.45) is 41.1 Å². The topological polar surface area (TPSA) is 339 Å². The largest absolute Gasteiger partial charge is 0.445 e. The van der Waals surface area contributed by atoms with Crippen LogP contribution < -0.4 is 43.4 Å². The molecular weight excluding hydrogens is 1140 g/mol. The predicted molar refractivity (Wildman–Crippen MR) is 341 cm³/mol. The van der Waals surface area contributed by atoms with E-state index in [0.29, 0.717) is 50.9 Å². The van der Waals surface area contributed by atoms with Crippen LogP contribution in [0.3, 0.4) is 0 Å². The lowest BCUT2D eigenvalue weighted by Gasteiger charge is -2.41. The van der Waals surface area contributed by atoms with E-state index < -0.39 is 127 Å². The number of nitrogens with one attached hydrogen (secondary N) is 6. The Labute approximate surface area is 527 Å². The first-order valence-corrected chi connectivity index (χ1v) is 31.2. The molecule has 2 aromatic carbocycles. The smallest absolute Gasteiger partial charge is 0.410 e. The van der Waals surface area contributed by atoms with Gasteiger partial charge in [-0.15, -0.1) is 0 Å². The number of hydrogen-bond donors (Lipinski definition) is 9. The van der Waals surface area contributed by atoms with Gasteiger partial charge in [-0.3, -0.25) is 38.5 Å². The molecule has 3 rings (SSSR count). The first-order chi connectivity index (χ1) is 41.9. The molecule has 1 fully saturated rings. The van der Waals surface area contributed by atoms with E-state index in [1.54, 1.807) is 84.4 Å². The molecule has 0 bridgehead atoms. The molecule has 2 aromatic rings. The number of carbonyl (C=O) groups excluding carboxylic acids is 9. The number of rotatable bonds is 36. The highest BCUT2D eigenvalue weighted by Crippen LogP contribution is 2.31. The van der Waals surface area contributed by atoms with E-state index in [4.69, 9.17) is 25.7 Å². The fourth-order valence-corrected chi connectivity index (χ4v) is 11.2. The van der Waals surface area contributed by atoms with E-state index in [9.17, 15) is 48.3 Å². The second-order valence-electron chi connectivity index (χ2n) is 24.9. The van der Waals surface area contributed by atoms with Crippen molar-refractivity contribution in [3.05, 3.63) is 65.2 Å². The number of carbonyl (C=O) groups is 9. The normalized spacial score (nSPS) is 17.0. The van der Waals surface area contributed by atoms with Crippen LogP contribution in [0.25, 0.3) is 0 Å². The minimum atomic E-state index is -1.15. The Hall–Kier alpha value is -6.93. The molecule has 0 spiro atoms. The Kier molecular flexibility index (Phi) is 32.0. The molecule has 0 aliphatic carbocycles. The number of nitrogens with zero attached hydrogens (tertiary/aromatic N) is 4. The van der Waals surface area contributed by atoms with Crippen LogP contribution >= 0.6 is 0 Å². The first-order valence-electron chi connectivity index (χ1n) is 31.2. The van der Waals surface area contributed by atoms with Crippen LogP contribution in [-0.4, -0.2) is 201 Å². The summed E-state index contributed by atoms with van der Waals surface area (Å²) in [4.78, 5) is 130. The Morgan fingerprint density at radius 3 is 1.98 bits per heavy atom. The maximum Gasteiger partial charge on any atom is 0.410 e. The zero-order chi connectivity index (χ0) is 67.0. The highest BCUT2D eigenvalue weighted by atomic mass is 16.6. The second-order valence-corrected chi connectivity index (χ2v) is 24.9. The molecule has 1 aliphatic rings. The van der Waals surface area contributed by atoms with Gasteiger partial charge in [-0.1, -0.05) is 105 Å². The number of likely N-dealkylation sites (tertiary alicyclic amines) is 1. The summed E-state index contributed by atoms with van der Waals surface area (Å²) in [6, 6.07) is 6.85. The van der Waals surface area contributed by atoms with Gasteiger partial charge >= 0.3 is 12.1 Å². The highest BCUT2D eigenvalue weighted by molar-refractivity contribution is 6.01. The van der Waals surface area contributed by atoms with Crippen LogP contribution in [-0.2, 0) is 49.6 Å². The average molecular weight is 1250 g/mol. The maximum atomic E-state index is 14.9. The van der Waals surface area contributed by atoms with Crippen molar-refractivity contribution < 1.29 is 62.5 Å². The number of methoxy groups -OCH3 is 2. The molecule has 1 aliphatic heterocycles. The highest BCUT2D eigenvalue weighted by Gasteiger charge is 2.44. The molecule has 10 amide bonds. The summed E-state index contributed by atoms with van der Waals surface area (Å²) < 4.78 is 17.9. The van der Waals surface area contributed by atoms with Crippen molar-refractivity contribution in [1.29, 1.82) is 0 Å². The summed E-state index contributed by atoms with van der Waals surface area (Å²) in [7, 11) is 9.85. The van der Waals surface area contributed by atoms with Crippen molar-refractivity contribution in [3.8, 4) is 0 Å². The minimum Gasteiger partial charge on any atom is -0.445 e. The van der Waals surface area contributed by atoms with Gasteiger partial charge in [-0.2, -0.15) is 0 Å². The molecule has 89 heavy (non-hydrogen) atoms. The molecule has 12 atom stereocenters. The summed E-state index contributed by atoms with van der Waals surface area (Å²) in [6.07, 6.45) is -0.534. The quantitative estimate of drug-likeness (QED) is 0.0434. The van der Waals surface area contributed by atoms with Gasteiger partial charge in [0.15, 0.2) is 0 Å². The number of hydrogen-bond acceptors (Lipinski definition) is 15. The lowest BCUT2D eigenvalue weighted by molar-refractivity contribution is -0.148. The van der Waals surface area contributed by atoms with Crippen LogP contribution in [0.1, 0.15) is 142 Å². The molecule has 11 N–H and O–H groups in total. The second kappa shape index (κ2) is 37.3. The van der Waals surface area contributed by atoms with E-state index in [0.717, 1.165) is 4.90 Å². The van der Waals surface area contributed by atoms with Crippen molar-refractivity contribution >= 4 is 59.2 Å². The van der Waals surface area contributed by atoms with Gasteiger partial charge in [0.05, 0.1) is 54.8 Å². The number of benzene rings is 2. The van der Waals surface area contributed by atoms with Crippen molar-refractivity contribution in [3.63, 3.8) is 0 Å². The van der Waals surface area contributed by atoms with E-state index in [2.05, 4.69) is 31.9 Å². The fraction of sp³-hybridized carbons (Fsp3) is 0.672. The Bertz CT molecular complexity index is 2630. The number of urea groups is 1. The summed E-state index contributed by atoms with van der Waals surface area (Å²) in [5.74, 6) is -5.37. The Balaban J connectivity index is 1.84. The molecule has 0 aromatic heterocycles. The van der Waals surface area contributed by atoms with Crippen LogP contribution in [0.15, 0.2) is 48.5 Å². The van der Waals surface area contributed by atoms with Crippen LogP contribution in [0, 0.1) is 29.6 Å². The first kappa shape index (κ1) is 76.3. The van der Waals surface area contributed by atoms with Crippen molar-refractivity contribution in [2.75, 3.05) is 73.9 Å². The summed E-state index contributed by atoms with van der Waals surface area (Å²) >= 11 is 0. The van der Waals surface area contributed by atoms with Crippen molar-refractivity contribution in [1.82, 2.24) is 46.2 Å². The summed E-state index contributed by atoms with van der Waals surface area (Å²) in [6.45, 7) is 19.2. The van der Waals surface area contributed by atoms with Gasteiger partial charge in [-0.05, 0) is 101 Å². The third-order valence-electron chi connectivity index (χ3n) is 16.7. The van der Waals surface area contributed by atoms with Crippen LogP contribution in [0.5, 0.6) is 0 Å². The number of amides is 10. The monoisotopic (exact) mass is 1250 g/mol. The van der Waals surface area contributed by atoms with Gasteiger partial charge in [-0.25, -0.2) is 9.59 Å². The third-order valence-corrected chi connectivity index (χ3v) is 16.7. The molecule has 500 valence electrons. The average Bonchev–Trinajstić information content (AvgIpc) is 2.09. The molecule has 1 saturated heterocycles. The Morgan fingerprint density at radius 1 is 0.753 bits per heavy atom. The fourth-order valence-electron chi connectivity index (χ4n) is 11.2. The van der Waals surface area contributed by atoms with Crippen LogP contribution in [0.2, 0.25) is 0 Å². The Morgan fingerprint density at radius 2 is 1.40 bits per heavy atom. The van der Waals surface area contributed by atoms with Gasteiger partial charge in [0.1, 0.15) is 24.7 Å². The zero-order valence-corrected chi connectivity index (χ0v) is 55.6. The number of aliphatic hydroxyl groups excluding tert-OH is 1. The number of anilines is 1. The van der Waals surface area contributed by atoms with Gasteiger partial charge < -0.3 is 77.4 Å². The number of ether oxygens (including phenoxy) is 3. The number of aliphatic hydroxyl groups is 1. The lowest BCUT2D eigenvalue weighted by Crippen LogP contribution is -2.60. The molecule has 0 unspecified atom stereocenters. The van der Waals surface area contributed by atoms with E-state index in [1.165, 1.54) is 39.5 Å². The van der Waals surface area contributed by atoms with Gasteiger partial charge in [0, 0.05) is 64.8 Å². The molecule has 25 nitrogen and oxygen atoms in total. The van der Waals surface area contributed by atoms with Crippen molar-refractivity contribution in [2.45, 2.75) is 181 Å². The molecule has 0 saturated carbocycles. The molecular formula is C64H106N12O13. The predicted octanol–water partition coefficient (Wildman–Crippen LogP) is 4.12. The van der Waals surface area contributed by atoms with Gasteiger partial charge in [0.2, 0.25) is 35.4 Å². The molecule has 0 radical (unpaired) electrons. The minimum absolute atomic E-state index is 0.0753. The number of nitrogens with two attached hydrogens (primary N) is 2. The van der Waals surface area contributed by atoms with Gasteiger partial charge in [0.25, 0.3) is 5.91 Å². The van der Waals surface area contributed by atoms with Crippen LogP contribution in [0.4, 0.5) is 15.3 Å². The third kappa shape index (κ3) is 22.8. The van der Waals surface area contributed by atoms with E-state index in [-0.39, 0.29) is 66.3 Å². The summed E-state index contributed by atoms with van der Waals surface area (Å²) in [5.41, 5.74) is 12.5. The number of likely N-dealkylation sites (N-methyl/N-ethyl adjacent to an activating group) is 2.